The molecule has 3 heteroatoms. The fourth-order valence-electron chi connectivity index (χ4n) is 2.45. The Bertz CT molecular complexity index is 488. The van der Waals surface area contributed by atoms with E-state index in [0.717, 1.165) is 24.8 Å². The number of carboxylic acid groups (broad SMARTS) is 1. The summed E-state index contributed by atoms with van der Waals surface area (Å²) < 4.78 is 5.77. The van der Waals surface area contributed by atoms with Crippen molar-refractivity contribution in [3.8, 4) is 5.75 Å². The molecule has 82 valence electrons. The molecule has 0 spiro atoms. The van der Waals surface area contributed by atoms with Crippen molar-refractivity contribution in [2.24, 2.45) is 0 Å². The molecule has 0 amide bonds. The number of allylic oxidation sites excluding steroid dienone is 1. The van der Waals surface area contributed by atoms with Crippen LogP contribution in [0, 0.1) is 0 Å². The standard InChI is InChI=1S/C13H12O3/c14-13(15)11-6-2-5-10-8-3-1-4-9(7-8)16-12(10)11/h2-3,5-6,9H,1,4,7H2,(H,14,15). The molecular formula is C13H12O3. The van der Waals surface area contributed by atoms with Gasteiger partial charge in [0.1, 0.15) is 17.4 Å². The molecule has 2 bridgehead atoms. The van der Waals surface area contributed by atoms with Crippen molar-refractivity contribution in [3.63, 3.8) is 0 Å². The fourth-order valence-corrected chi connectivity index (χ4v) is 2.45. The van der Waals surface area contributed by atoms with Crippen molar-refractivity contribution in [1.82, 2.24) is 0 Å². The lowest BCUT2D eigenvalue weighted by atomic mass is 9.87. The summed E-state index contributed by atoms with van der Waals surface area (Å²) in [5.74, 6) is -0.366. The molecule has 1 aromatic rings. The minimum atomic E-state index is -0.919. The second-order valence-electron chi connectivity index (χ2n) is 4.24. The van der Waals surface area contributed by atoms with Gasteiger partial charge in [0.05, 0.1) is 0 Å². The monoisotopic (exact) mass is 216 g/mol. The quantitative estimate of drug-likeness (QED) is 0.785. The zero-order chi connectivity index (χ0) is 11.1. The minimum absolute atomic E-state index is 0.160. The highest BCUT2D eigenvalue weighted by molar-refractivity contribution is 5.94. The van der Waals surface area contributed by atoms with Crippen molar-refractivity contribution in [2.75, 3.05) is 0 Å². The zero-order valence-electron chi connectivity index (χ0n) is 8.77. The molecule has 2 aliphatic rings. The number of hydrogen-bond acceptors (Lipinski definition) is 2. The third kappa shape index (κ3) is 1.32. The summed E-state index contributed by atoms with van der Waals surface area (Å²) >= 11 is 0. The highest BCUT2D eigenvalue weighted by Gasteiger charge is 2.29. The van der Waals surface area contributed by atoms with E-state index in [2.05, 4.69) is 6.08 Å². The molecule has 1 aliphatic heterocycles. The van der Waals surface area contributed by atoms with Crippen LogP contribution in [0.25, 0.3) is 5.57 Å². The Kier molecular flexibility index (Phi) is 1.99. The third-order valence-electron chi connectivity index (χ3n) is 3.20. The molecule has 0 radical (unpaired) electrons. The van der Waals surface area contributed by atoms with Crippen LogP contribution in [0.4, 0.5) is 0 Å². The van der Waals surface area contributed by atoms with Gasteiger partial charge in [0, 0.05) is 12.0 Å². The summed E-state index contributed by atoms with van der Waals surface area (Å²) in [4.78, 5) is 11.1. The van der Waals surface area contributed by atoms with Crippen molar-refractivity contribution in [1.29, 1.82) is 0 Å². The van der Waals surface area contributed by atoms with E-state index in [1.54, 1.807) is 12.1 Å². The summed E-state index contributed by atoms with van der Waals surface area (Å²) in [6.45, 7) is 0. The van der Waals surface area contributed by atoms with Gasteiger partial charge in [-0.3, -0.25) is 0 Å². The number of carboxylic acids is 1. The van der Waals surface area contributed by atoms with Crippen molar-refractivity contribution >= 4 is 11.5 Å². The molecule has 3 rings (SSSR count). The van der Waals surface area contributed by atoms with Gasteiger partial charge in [-0.2, -0.15) is 0 Å². The highest BCUT2D eigenvalue weighted by Crippen LogP contribution is 2.41. The van der Waals surface area contributed by atoms with Crippen LogP contribution in [0.15, 0.2) is 24.3 Å². The maximum atomic E-state index is 11.1. The molecule has 0 fully saturated rings. The minimum Gasteiger partial charge on any atom is -0.489 e. The average molecular weight is 216 g/mol. The summed E-state index contributed by atoms with van der Waals surface area (Å²) in [7, 11) is 0. The van der Waals surface area contributed by atoms with E-state index < -0.39 is 5.97 Å². The first-order chi connectivity index (χ1) is 7.75. The summed E-state index contributed by atoms with van der Waals surface area (Å²) in [6, 6.07) is 5.32. The first kappa shape index (κ1) is 9.46. The van der Waals surface area contributed by atoms with Gasteiger partial charge >= 0.3 is 5.97 Å². The van der Waals surface area contributed by atoms with Crippen LogP contribution in [0.5, 0.6) is 5.75 Å². The zero-order valence-corrected chi connectivity index (χ0v) is 8.77. The van der Waals surface area contributed by atoms with E-state index in [9.17, 15) is 4.79 Å². The first-order valence-corrected chi connectivity index (χ1v) is 5.48. The number of para-hydroxylation sites is 1. The Labute approximate surface area is 93.4 Å². The normalized spacial score (nSPS) is 21.8. The topological polar surface area (TPSA) is 46.5 Å². The van der Waals surface area contributed by atoms with Crippen molar-refractivity contribution < 1.29 is 14.6 Å². The van der Waals surface area contributed by atoms with E-state index >= 15 is 0 Å². The highest BCUT2D eigenvalue weighted by atomic mass is 16.5. The van der Waals surface area contributed by atoms with Crippen molar-refractivity contribution in [3.05, 3.63) is 35.4 Å². The number of aromatic carboxylic acids is 1. The third-order valence-corrected chi connectivity index (χ3v) is 3.20. The van der Waals surface area contributed by atoms with Gasteiger partial charge in [-0.1, -0.05) is 18.2 Å². The number of fused-ring (bicyclic) bond motifs is 4. The molecule has 16 heavy (non-hydrogen) atoms. The lowest BCUT2D eigenvalue weighted by molar-refractivity contribution is 0.0687. The predicted molar refractivity (Wildman–Crippen MR) is 59.6 cm³/mol. The molecule has 0 saturated heterocycles. The molecule has 3 nitrogen and oxygen atoms in total. The molecule has 1 aliphatic carbocycles. The van der Waals surface area contributed by atoms with Gasteiger partial charge in [0.2, 0.25) is 0 Å². The van der Waals surface area contributed by atoms with Gasteiger partial charge < -0.3 is 9.84 Å². The summed E-state index contributed by atoms with van der Waals surface area (Å²) in [6.07, 6.45) is 5.28. The van der Waals surface area contributed by atoms with Crippen LogP contribution in [-0.4, -0.2) is 17.2 Å². The number of rotatable bonds is 1. The SMILES string of the molecule is O=C(O)c1cccc2c1OC1CCC=C2C1. The van der Waals surface area contributed by atoms with Gasteiger partial charge in [-0.05, 0) is 24.5 Å². The molecule has 0 saturated carbocycles. The second-order valence-corrected chi connectivity index (χ2v) is 4.24. The average Bonchev–Trinajstić information content (AvgIpc) is 2.28. The van der Waals surface area contributed by atoms with Crippen molar-refractivity contribution in [2.45, 2.75) is 25.4 Å². The van der Waals surface area contributed by atoms with Crippen LogP contribution in [0.1, 0.15) is 35.2 Å². The van der Waals surface area contributed by atoms with E-state index in [-0.39, 0.29) is 11.7 Å². The van der Waals surface area contributed by atoms with Crippen LogP contribution in [-0.2, 0) is 0 Å². The van der Waals surface area contributed by atoms with E-state index in [1.165, 1.54) is 5.57 Å². The van der Waals surface area contributed by atoms with Gasteiger partial charge in [-0.25, -0.2) is 4.79 Å². The van der Waals surface area contributed by atoms with E-state index in [0.29, 0.717) is 5.75 Å². The Morgan fingerprint density at radius 3 is 3.12 bits per heavy atom. The summed E-state index contributed by atoms with van der Waals surface area (Å²) in [5, 5.41) is 9.10. The first-order valence-electron chi connectivity index (χ1n) is 5.48. The number of hydrogen-bond donors (Lipinski definition) is 1. The molecule has 1 unspecified atom stereocenters. The predicted octanol–water partition coefficient (Wildman–Crippen LogP) is 2.71. The number of benzene rings is 1. The smallest absolute Gasteiger partial charge is 0.339 e. The van der Waals surface area contributed by atoms with Gasteiger partial charge in [0.25, 0.3) is 0 Å². The number of ether oxygens (including phenoxy) is 1. The Morgan fingerprint density at radius 1 is 1.44 bits per heavy atom. The van der Waals surface area contributed by atoms with Crippen LogP contribution in [0.2, 0.25) is 0 Å². The van der Waals surface area contributed by atoms with Crippen LogP contribution >= 0.6 is 0 Å². The van der Waals surface area contributed by atoms with Gasteiger partial charge in [-0.15, -0.1) is 0 Å². The maximum absolute atomic E-state index is 11.1. The van der Waals surface area contributed by atoms with Gasteiger partial charge in [0.15, 0.2) is 0 Å². The second kappa shape index (κ2) is 3.37. The lowest BCUT2D eigenvalue weighted by Crippen LogP contribution is -2.25. The van der Waals surface area contributed by atoms with Crippen LogP contribution in [0.3, 0.4) is 0 Å². The van der Waals surface area contributed by atoms with E-state index in [4.69, 9.17) is 9.84 Å². The summed E-state index contributed by atoms with van der Waals surface area (Å²) in [5.41, 5.74) is 2.46. The molecular weight excluding hydrogens is 204 g/mol. The lowest BCUT2D eigenvalue weighted by Gasteiger charge is -2.31. The Morgan fingerprint density at radius 2 is 2.31 bits per heavy atom. The largest absolute Gasteiger partial charge is 0.489 e. The maximum Gasteiger partial charge on any atom is 0.339 e. The Hall–Kier alpha value is -1.77. The fraction of sp³-hybridized carbons (Fsp3) is 0.308. The Balaban J connectivity index is 2.20. The molecule has 1 aromatic carbocycles. The molecule has 1 N–H and O–H groups in total. The van der Waals surface area contributed by atoms with Crippen LogP contribution < -0.4 is 4.74 Å². The molecule has 1 heterocycles. The molecule has 1 atom stereocenters. The number of carbonyl (C=O) groups is 1. The van der Waals surface area contributed by atoms with E-state index in [1.807, 2.05) is 6.07 Å². The molecule has 0 aromatic heterocycles.